The Morgan fingerprint density at radius 1 is 1.12 bits per heavy atom. The molecular formula is C24H29N3O6S. The van der Waals surface area contributed by atoms with Gasteiger partial charge in [0.05, 0.1) is 40.8 Å². The van der Waals surface area contributed by atoms with Crippen LogP contribution in [-0.4, -0.2) is 60.7 Å². The zero-order chi connectivity index (χ0) is 24.3. The van der Waals surface area contributed by atoms with Crippen molar-refractivity contribution in [2.75, 3.05) is 26.3 Å². The van der Waals surface area contributed by atoms with Gasteiger partial charge in [-0.1, -0.05) is 0 Å². The van der Waals surface area contributed by atoms with Gasteiger partial charge in [0.1, 0.15) is 18.2 Å². The molecule has 2 heterocycles. The molecule has 1 fully saturated rings. The Kier molecular flexibility index (Phi) is 7.20. The van der Waals surface area contributed by atoms with E-state index in [1.165, 1.54) is 4.31 Å². The molecule has 182 valence electrons. The van der Waals surface area contributed by atoms with E-state index in [1.54, 1.807) is 56.3 Å². The molecule has 4 rings (SSSR count). The molecule has 0 radical (unpaired) electrons. The quantitative estimate of drug-likeness (QED) is 0.450. The minimum atomic E-state index is -3.60. The number of morpholine rings is 1. The van der Waals surface area contributed by atoms with Crippen LogP contribution in [0.3, 0.4) is 0 Å². The van der Waals surface area contributed by atoms with Crippen LogP contribution >= 0.6 is 0 Å². The zero-order valence-electron chi connectivity index (χ0n) is 19.6. The number of carbonyl (C=O) groups is 1. The van der Waals surface area contributed by atoms with Gasteiger partial charge in [-0.2, -0.15) is 4.31 Å². The first-order chi connectivity index (χ1) is 16.3. The highest BCUT2D eigenvalue weighted by atomic mass is 32.2. The molecule has 3 aromatic rings. The summed E-state index contributed by atoms with van der Waals surface area (Å²) in [6.45, 7) is 7.94. The van der Waals surface area contributed by atoms with Crippen molar-refractivity contribution in [3.63, 3.8) is 0 Å². The van der Waals surface area contributed by atoms with E-state index < -0.39 is 10.0 Å². The van der Waals surface area contributed by atoms with Gasteiger partial charge in [0.15, 0.2) is 0 Å². The Labute approximate surface area is 199 Å². The summed E-state index contributed by atoms with van der Waals surface area (Å²) >= 11 is 0. The van der Waals surface area contributed by atoms with Crippen LogP contribution in [0.15, 0.2) is 47.4 Å². The average molecular weight is 488 g/mol. The summed E-state index contributed by atoms with van der Waals surface area (Å²) in [7, 11) is -3.60. The standard InChI is InChI=1S/C24H29N3O6S/c1-4-27-22-10-9-20(34(29,30)26-11-13-31-14-12-26)15-21(22)25-23(27)16-32-19-7-5-18(6-8-19)24(28)33-17(2)3/h5-10,15,17H,4,11-14,16H2,1-3H3. The van der Waals surface area contributed by atoms with E-state index in [0.717, 1.165) is 5.52 Å². The number of nitrogens with zero attached hydrogens (tertiary/aromatic N) is 3. The minimum absolute atomic E-state index is 0.185. The predicted octanol–water partition coefficient (Wildman–Crippen LogP) is 3.22. The summed E-state index contributed by atoms with van der Waals surface area (Å²) in [5.41, 5.74) is 1.89. The molecule has 2 aromatic carbocycles. The second-order valence-corrected chi connectivity index (χ2v) is 10.1. The Morgan fingerprint density at radius 2 is 1.82 bits per heavy atom. The normalized spacial score (nSPS) is 15.1. The lowest BCUT2D eigenvalue weighted by Crippen LogP contribution is -2.40. The van der Waals surface area contributed by atoms with Gasteiger partial charge in [-0.05, 0) is 63.2 Å². The van der Waals surface area contributed by atoms with Crippen molar-refractivity contribution in [3.05, 3.63) is 53.9 Å². The highest BCUT2D eigenvalue weighted by Gasteiger charge is 2.27. The number of sulfonamides is 1. The molecule has 0 aliphatic carbocycles. The van der Waals surface area contributed by atoms with E-state index in [2.05, 4.69) is 4.98 Å². The van der Waals surface area contributed by atoms with Gasteiger partial charge < -0.3 is 18.8 Å². The lowest BCUT2D eigenvalue weighted by atomic mass is 10.2. The number of hydrogen-bond acceptors (Lipinski definition) is 7. The second kappa shape index (κ2) is 10.1. The van der Waals surface area contributed by atoms with Gasteiger partial charge in [0.2, 0.25) is 10.0 Å². The number of ether oxygens (including phenoxy) is 3. The fourth-order valence-electron chi connectivity index (χ4n) is 3.84. The van der Waals surface area contributed by atoms with E-state index in [4.69, 9.17) is 14.2 Å². The van der Waals surface area contributed by atoms with E-state index in [-0.39, 0.29) is 23.6 Å². The molecule has 1 aromatic heterocycles. The van der Waals surface area contributed by atoms with Crippen LogP contribution in [0.5, 0.6) is 5.75 Å². The maximum Gasteiger partial charge on any atom is 0.338 e. The van der Waals surface area contributed by atoms with Gasteiger partial charge in [0.25, 0.3) is 0 Å². The molecule has 34 heavy (non-hydrogen) atoms. The molecule has 0 unspecified atom stereocenters. The largest absolute Gasteiger partial charge is 0.486 e. The van der Waals surface area contributed by atoms with Crippen molar-refractivity contribution in [2.24, 2.45) is 0 Å². The fourth-order valence-corrected chi connectivity index (χ4v) is 5.26. The van der Waals surface area contributed by atoms with E-state index in [1.807, 2.05) is 11.5 Å². The van der Waals surface area contributed by atoms with Crippen molar-refractivity contribution in [2.45, 2.75) is 44.9 Å². The number of carbonyl (C=O) groups excluding carboxylic acids is 1. The third-order valence-corrected chi connectivity index (χ3v) is 7.42. The molecule has 9 nitrogen and oxygen atoms in total. The summed E-state index contributed by atoms with van der Waals surface area (Å²) in [4.78, 5) is 16.9. The van der Waals surface area contributed by atoms with Crippen LogP contribution in [0.4, 0.5) is 0 Å². The SMILES string of the molecule is CCn1c(COc2ccc(C(=O)OC(C)C)cc2)nc2cc(S(=O)(=O)N3CCOCC3)ccc21. The first kappa shape index (κ1) is 24.2. The summed E-state index contributed by atoms with van der Waals surface area (Å²) in [6, 6.07) is 11.8. The summed E-state index contributed by atoms with van der Waals surface area (Å²) in [6.07, 6.45) is -0.185. The fraction of sp³-hybridized carbons (Fsp3) is 0.417. The number of hydrogen-bond donors (Lipinski definition) is 0. The Balaban J connectivity index is 1.52. The van der Waals surface area contributed by atoms with Gasteiger partial charge in [-0.25, -0.2) is 18.2 Å². The molecule has 10 heteroatoms. The highest BCUT2D eigenvalue weighted by molar-refractivity contribution is 7.89. The summed E-state index contributed by atoms with van der Waals surface area (Å²) in [5.74, 6) is 0.894. The minimum Gasteiger partial charge on any atom is -0.486 e. The Hall–Kier alpha value is -2.95. The summed E-state index contributed by atoms with van der Waals surface area (Å²) < 4.78 is 45.8. The monoisotopic (exact) mass is 487 g/mol. The number of imidazole rings is 1. The third kappa shape index (κ3) is 5.08. The Bertz CT molecular complexity index is 1260. The molecule has 1 aliphatic rings. The maximum absolute atomic E-state index is 13.0. The number of benzene rings is 2. The van der Waals surface area contributed by atoms with Gasteiger partial charge in [-0.3, -0.25) is 0 Å². The van der Waals surface area contributed by atoms with Crippen molar-refractivity contribution >= 4 is 27.0 Å². The van der Waals surface area contributed by atoms with Crippen LogP contribution in [-0.2, 0) is 32.6 Å². The molecule has 0 saturated carbocycles. The molecule has 0 atom stereocenters. The first-order valence-corrected chi connectivity index (χ1v) is 12.7. The van der Waals surface area contributed by atoms with Crippen molar-refractivity contribution in [1.82, 2.24) is 13.9 Å². The van der Waals surface area contributed by atoms with E-state index in [0.29, 0.717) is 55.5 Å². The Morgan fingerprint density at radius 3 is 2.47 bits per heavy atom. The molecule has 0 bridgehead atoms. The number of aryl methyl sites for hydroxylation is 1. The average Bonchev–Trinajstić information content (AvgIpc) is 3.20. The van der Waals surface area contributed by atoms with E-state index in [9.17, 15) is 13.2 Å². The lowest BCUT2D eigenvalue weighted by Gasteiger charge is -2.26. The zero-order valence-corrected chi connectivity index (χ0v) is 20.4. The van der Waals surface area contributed by atoms with E-state index >= 15 is 0 Å². The second-order valence-electron chi connectivity index (χ2n) is 8.21. The molecule has 0 spiro atoms. The maximum atomic E-state index is 13.0. The first-order valence-electron chi connectivity index (χ1n) is 11.3. The highest BCUT2D eigenvalue weighted by Crippen LogP contribution is 2.24. The van der Waals surface area contributed by atoms with Gasteiger partial charge in [0, 0.05) is 19.6 Å². The molecule has 0 amide bonds. The van der Waals surface area contributed by atoms with Crippen LogP contribution in [0, 0.1) is 0 Å². The predicted molar refractivity (Wildman–Crippen MR) is 126 cm³/mol. The van der Waals surface area contributed by atoms with Crippen molar-refractivity contribution in [1.29, 1.82) is 0 Å². The van der Waals surface area contributed by atoms with Crippen LogP contribution in [0.2, 0.25) is 0 Å². The van der Waals surface area contributed by atoms with Gasteiger partial charge in [-0.15, -0.1) is 0 Å². The molecule has 0 N–H and O–H groups in total. The topological polar surface area (TPSA) is 100.0 Å². The van der Waals surface area contributed by atoms with Gasteiger partial charge >= 0.3 is 5.97 Å². The smallest absolute Gasteiger partial charge is 0.338 e. The molecule has 1 saturated heterocycles. The molecule has 1 aliphatic heterocycles. The number of fused-ring (bicyclic) bond motifs is 1. The summed E-state index contributed by atoms with van der Waals surface area (Å²) in [5, 5.41) is 0. The lowest BCUT2D eigenvalue weighted by molar-refractivity contribution is 0.0378. The number of rotatable bonds is 8. The van der Waals surface area contributed by atoms with Crippen molar-refractivity contribution in [3.8, 4) is 5.75 Å². The van der Waals surface area contributed by atoms with Crippen LogP contribution in [0.1, 0.15) is 37.0 Å². The third-order valence-electron chi connectivity index (χ3n) is 5.52. The molecular weight excluding hydrogens is 458 g/mol. The van der Waals surface area contributed by atoms with Crippen LogP contribution in [0.25, 0.3) is 11.0 Å². The number of aromatic nitrogens is 2. The van der Waals surface area contributed by atoms with Crippen LogP contribution < -0.4 is 4.74 Å². The van der Waals surface area contributed by atoms with Crippen molar-refractivity contribution < 1.29 is 27.4 Å². The number of esters is 1.